The summed E-state index contributed by atoms with van der Waals surface area (Å²) in [5, 5.41) is 0. The summed E-state index contributed by atoms with van der Waals surface area (Å²) in [7, 11) is -3.89. The third-order valence-electron chi connectivity index (χ3n) is 4.82. The van der Waals surface area contributed by atoms with Crippen LogP contribution in [-0.4, -0.2) is 51.7 Å². The van der Waals surface area contributed by atoms with Crippen LogP contribution in [0.5, 0.6) is 5.75 Å². The Hall–Kier alpha value is -2.19. The van der Waals surface area contributed by atoms with Gasteiger partial charge in [0.25, 0.3) is 10.0 Å². The number of thioether (sulfide) groups is 1. The molecule has 156 valence electrons. The number of ether oxygens (including phenoxy) is 1. The first-order chi connectivity index (χ1) is 14.0. The van der Waals surface area contributed by atoms with E-state index in [4.69, 9.17) is 4.74 Å². The first-order valence-electron chi connectivity index (χ1n) is 9.63. The predicted octanol–water partition coefficient (Wildman–Crippen LogP) is 3.62. The summed E-state index contributed by atoms with van der Waals surface area (Å²) in [5.41, 5.74) is 0.440. The monoisotopic (exact) mass is 434 g/mol. The zero-order valence-electron chi connectivity index (χ0n) is 16.7. The largest absolute Gasteiger partial charge is 0.494 e. The second-order valence-corrected chi connectivity index (χ2v) is 9.44. The van der Waals surface area contributed by atoms with Gasteiger partial charge in [0.2, 0.25) is 5.91 Å². The van der Waals surface area contributed by atoms with E-state index in [1.807, 2.05) is 13.2 Å². The molecule has 0 N–H and O–H groups in total. The van der Waals surface area contributed by atoms with Crippen LogP contribution in [-0.2, 0) is 14.8 Å². The van der Waals surface area contributed by atoms with Crippen LogP contribution in [0.2, 0.25) is 0 Å². The summed E-state index contributed by atoms with van der Waals surface area (Å²) >= 11 is 1.54. The number of rotatable bonds is 8. The van der Waals surface area contributed by atoms with E-state index in [1.54, 1.807) is 65.2 Å². The lowest BCUT2D eigenvalue weighted by atomic mass is 10.3. The van der Waals surface area contributed by atoms with E-state index < -0.39 is 10.0 Å². The molecule has 8 heteroatoms. The Labute approximate surface area is 176 Å². The SMILES string of the molecule is CCOc1ccc(N(CC(=O)N2CCCC2)S(=O)(=O)c2ccc(SC)cc2)cc1. The van der Waals surface area contributed by atoms with Crippen molar-refractivity contribution < 1.29 is 17.9 Å². The lowest BCUT2D eigenvalue weighted by Gasteiger charge is -2.26. The van der Waals surface area contributed by atoms with Gasteiger partial charge in [0.05, 0.1) is 17.2 Å². The fraction of sp³-hybridized carbons (Fsp3) is 0.381. The van der Waals surface area contributed by atoms with E-state index in [2.05, 4.69) is 0 Å². The normalized spacial score (nSPS) is 14.1. The number of benzene rings is 2. The van der Waals surface area contributed by atoms with Crippen molar-refractivity contribution >= 4 is 33.4 Å². The van der Waals surface area contributed by atoms with Gasteiger partial charge in [-0.2, -0.15) is 0 Å². The summed E-state index contributed by atoms with van der Waals surface area (Å²) in [5.74, 6) is 0.476. The van der Waals surface area contributed by atoms with Gasteiger partial charge >= 0.3 is 0 Å². The summed E-state index contributed by atoms with van der Waals surface area (Å²) in [4.78, 5) is 15.6. The van der Waals surface area contributed by atoms with Gasteiger partial charge in [0, 0.05) is 18.0 Å². The van der Waals surface area contributed by atoms with Gasteiger partial charge in [-0.05, 0) is 74.6 Å². The van der Waals surface area contributed by atoms with Crippen molar-refractivity contribution in [3.63, 3.8) is 0 Å². The molecule has 1 fully saturated rings. The molecule has 0 bridgehead atoms. The van der Waals surface area contributed by atoms with Crippen molar-refractivity contribution in [3.05, 3.63) is 48.5 Å². The molecule has 0 unspecified atom stereocenters. The maximum Gasteiger partial charge on any atom is 0.264 e. The van der Waals surface area contributed by atoms with Crippen LogP contribution < -0.4 is 9.04 Å². The maximum atomic E-state index is 13.4. The minimum absolute atomic E-state index is 0.165. The van der Waals surface area contributed by atoms with E-state index >= 15 is 0 Å². The number of carbonyl (C=O) groups is 1. The molecule has 1 aliphatic heterocycles. The van der Waals surface area contributed by atoms with Crippen LogP contribution in [0.25, 0.3) is 0 Å². The molecule has 0 radical (unpaired) electrons. The first-order valence-corrected chi connectivity index (χ1v) is 12.3. The molecule has 0 aromatic heterocycles. The summed E-state index contributed by atoms with van der Waals surface area (Å²) in [6.45, 7) is 3.55. The van der Waals surface area contributed by atoms with Gasteiger partial charge in [-0.25, -0.2) is 8.42 Å². The van der Waals surface area contributed by atoms with Crippen molar-refractivity contribution in [2.75, 3.05) is 36.8 Å². The Morgan fingerprint density at radius 3 is 2.24 bits per heavy atom. The van der Waals surface area contributed by atoms with E-state index in [0.717, 1.165) is 17.7 Å². The third kappa shape index (κ3) is 5.05. The minimum atomic E-state index is -3.89. The Bertz CT molecular complexity index is 922. The predicted molar refractivity (Wildman–Crippen MR) is 116 cm³/mol. The van der Waals surface area contributed by atoms with Crippen LogP contribution in [0.1, 0.15) is 19.8 Å². The Morgan fingerprint density at radius 1 is 1.07 bits per heavy atom. The number of hydrogen-bond acceptors (Lipinski definition) is 5. The molecule has 1 saturated heterocycles. The lowest BCUT2D eigenvalue weighted by Crippen LogP contribution is -2.42. The highest BCUT2D eigenvalue weighted by Crippen LogP contribution is 2.27. The van der Waals surface area contributed by atoms with E-state index in [0.29, 0.717) is 31.1 Å². The highest BCUT2D eigenvalue weighted by atomic mass is 32.2. The second kappa shape index (κ2) is 9.54. The number of anilines is 1. The highest BCUT2D eigenvalue weighted by molar-refractivity contribution is 7.98. The Balaban J connectivity index is 1.94. The molecule has 0 atom stereocenters. The molecule has 2 aromatic rings. The van der Waals surface area contributed by atoms with Gasteiger partial charge in [0.1, 0.15) is 12.3 Å². The van der Waals surface area contributed by atoms with Gasteiger partial charge in [-0.1, -0.05) is 0 Å². The van der Waals surface area contributed by atoms with Crippen LogP contribution >= 0.6 is 11.8 Å². The van der Waals surface area contributed by atoms with Crippen molar-refractivity contribution in [1.82, 2.24) is 4.90 Å². The molecule has 0 saturated carbocycles. The molecule has 29 heavy (non-hydrogen) atoms. The lowest BCUT2D eigenvalue weighted by molar-refractivity contribution is -0.128. The first kappa shape index (κ1) is 21.5. The zero-order valence-corrected chi connectivity index (χ0v) is 18.3. The second-order valence-electron chi connectivity index (χ2n) is 6.70. The number of amides is 1. The van der Waals surface area contributed by atoms with Crippen molar-refractivity contribution in [2.45, 2.75) is 29.6 Å². The van der Waals surface area contributed by atoms with E-state index in [9.17, 15) is 13.2 Å². The van der Waals surface area contributed by atoms with Crippen LogP contribution in [0.3, 0.4) is 0 Å². The topological polar surface area (TPSA) is 66.9 Å². The fourth-order valence-corrected chi connectivity index (χ4v) is 5.08. The van der Waals surface area contributed by atoms with Crippen molar-refractivity contribution in [3.8, 4) is 5.75 Å². The number of sulfonamides is 1. The molecule has 3 rings (SSSR count). The average molecular weight is 435 g/mol. The van der Waals surface area contributed by atoms with Crippen LogP contribution in [0, 0.1) is 0 Å². The van der Waals surface area contributed by atoms with Crippen molar-refractivity contribution in [1.29, 1.82) is 0 Å². The van der Waals surface area contributed by atoms with Crippen molar-refractivity contribution in [2.24, 2.45) is 0 Å². The summed E-state index contributed by atoms with van der Waals surface area (Å²) < 4.78 is 33.5. The zero-order chi connectivity index (χ0) is 20.9. The Kier molecular flexibility index (Phi) is 7.08. The number of hydrogen-bond donors (Lipinski definition) is 0. The molecule has 0 aliphatic carbocycles. The number of carbonyl (C=O) groups excluding carboxylic acids is 1. The molecule has 0 spiro atoms. The number of nitrogens with zero attached hydrogens (tertiary/aromatic N) is 2. The quantitative estimate of drug-likeness (QED) is 0.594. The summed E-state index contributed by atoms with van der Waals surface area (Å²) in [6.07, 6.45) is 3.85. The van der Waals surface area contributed by atoms with Gasteiger partial charge in [-0.3, -0.25) is 9.10 Å². The standard InChI is InChI=1S/C21H26N2O4S2/c1-3-27-18-8-6-17(7-9-18)23(16-21(24)22-14-4-5-15-22)29(25,26)20-12-10-19(28-2)11-13-20/h6-13H,3-5,14-16H2,1-2H3. The fourth-order valence-electron chi connectivity index (χ4n) is 3.25. The summed E-state index contributed by atoms with van der Waals surface area (Å²) in [6, 6.07) is 13.5. The van der Waals surface area contributed by atoms with Gasteiger partial charge in [-0.15, -0.1) is 11.8 Å². The Morgan fingerprint density at radius 2 is 1.69 bits per heavy atom. The van der Waals surface area contributed by atoms with Crippen LogP contribution in [0.15, 0.2) is 58.3 Å². The van der Waals surface area contributed by atoms with Crippen LogP contribution in [0.4, 0.5) is 5.69 Å². The molecule has 1 heterocycles. The van der Waals surface area contributed by atoms with E-state index in [1.165, 1.54) is 4.31 Å². The maximum absolute atomic E-state index is 13.4. The van der Waals surface area contributed by atoms with Gasteiger partial charge < -0.3 is 9.64 Å². The highest BCUT2D eigenvalue weighted by Gasteiger charge is 2.29. The molecule has 2 aromatic carbocycles. The minimum Gasteiger partial charge on any atom is -0.494 e. The molecular formula is C21H26N2O4S2. The molecule has 6 nitrogen and oxygen atoms in total. The smallest absolute Gasteiger partial charge is 0.264 e. The van der Waals surface area contributed by atoms with Gasteiger partial charge in [0.15, 0.2) is 0 Å². The average Bonchev–Trinajstić information content (AvgIpc) is 3.28. The van der Waals surface area contributed by atoms with E-state index in [-0.39, 0.29) is 17.3 Å². The number of likely N-dealkylation sites (tertiary alicyclic amines) is 1. The third-order valence-corrected chi connectivity index (χ3v) is 7.35. The molecular weight excluding hydrogens is 408 g/mol. The molecule has 1 amide bonds. The molecule has 1 aliphatic rings.